The molecule has 5 heteroatoms. The molecule has 0 radical (unpaired) electrons. The van der Waals surface area contributed by atoms with Crippen molar-refractivity contribution in [3.63, 3.8) is 0 Å². The number of rotatable bonds is 1. The second-order valence-electron chi connectivity index (χ2n) is 4.24. The van der Waals surface area contributed by atoms with Gasteiger partial charge >= 0.3 is 0 Å². The molecule has 4 nitrogen and oxygen atoms in total. The van der Waals surface area contributed by atoms with E-state index in [0.717, 1.165) is 5.82 Å². The van der Waals surface area contributed by atoms with Gasteiger partial charge in [-0.05, 0) is 41.6 Å². The number of nitrogens with one attached hydrogen (secondary N) is 1. The number of anilines is 1. The quantitative estimate of drug-likeness (QED) is 0.844. The fourth-order valence-corrected chi connectivity index (χ4v) is 3.23. The molecule has 1 aromatic heterocycles. The van der Waals surface area contributed by atoms with Gasteiger partial charge in [0.1, 0.15) is 4.47 Å². The van der Waals surface area contributed by atoms with Crippen LogP contribution in [0.25, 0.3) is 0 Å². The highest BCUT2D eigenvalue weighted by Gasteiger charge is 2.40. The number of halogens is 1. The molecule has 15 heavy (non-hydrogen) atoms. The van der Waals surface area contributed by atoms with Gasteiger partial charge in [-0.3, -0.25) is 4.79 Å². The summed E-state index contributed by atoms with van der Waals surface area (Å²) in [4.78, 5) is 20.6. The predicted octanol–water partition coefficient (Wildman–Crippen LogP) is 1.66. The lowest BCUT2D eigenvalue weighted by Crippen LogP contribution is -2.31. The maximum Gasteiger partial charge on any atom is 0.267 e. The molecule has 2 fully saturated rings. The minimum Gasteiger partial charge on any atom is -0.349 e. The molecule has 2 bridgehead atoms. The van der Waals surface area contributed by atoms with E-state index in [1.54, 1.807) is 0 Å². The van der Waals surface area contributed by atoms with Gasteiger partial charge in [-0.1, -0.05) is 0 Å². The molecule has 0 aromatic carbocycles. The zero-order chi connectivity index (χ0) is 10.4. The maximum absolute atomic E-state index is 11.5. The van der Waals surface area contributed by atoms with Gasteiger partial charge in [-0.25, -0.2) is 4.98 Å². The van der Waals surface area contributed by atoms with Crippen molar-refractivity contribution in [1.82, 2.24) is 9.97 Å². The largest absolute Gasteiger partial charge is 0.349 e. The van der Waals surface area contributed by atoms with Gasteiger partial charge < -0.3 is 9.88 Å². The van der Waals surface area contributed by atoms with Crippen molar-refractivity contribution in [3.05, 3.63) is 21.2 Å². The van der Waals surface area contributed by atoms with Crippen molar-refractivity contribution in [3.8, 4) is 0 Å². The number of H-pyrrole nitrogens is 1. The Labute approximate surface area is 95.8 Å². The summed E-state index contributed by atoms with van der Waals surface area (Å²) < 4.78 is 0.573. The first-order valence-corrected chi connectivity index (χ1v) is 6.08. The number of aromatic amines is 1. The van der Waals surface area contributed by atoms with E-state index in [1.165, 1.54) is 32.0 Å². The number of hydrogen-bond acceptors (Lipinski definition) is 3. The summed E-state index contributed by atoms with van der Waals surface area (Å²) in [5, 5.41) is 0. The third-order valence-electron chi connectivity index (χ3n) is 3.48. The van der Waals surface area contributed by atoms with Crippen LogP contribution >= 0.6 is 15.9 Å². The monoisotopic (exact) mass is 269 g/mol. The second-order valence-corrected chi connectivity index (χ2v) is 5.03. The van der Waals surface area contributed by atoms with Crippen LogP contribution in [0.3, 0.4) is 0 Å². The molecule has 0 unspecified atom stereocenters. The first-order chi connectivity index (χ1) is 7.27. The van der Waals surface area contributed by atoms with E-state index in [1.807, 2.05) is 0 Å². The summed E-state index contributed by atoms with van der Waals surface area (Å²) >= 11 is 3.33. The third-order valence-corrected chi connectivity index (χ3v) is 4.19. The Morgan fingerprint density at radius 3 is 2.53 bits per heavy atom. The van der Waals surface area contributed by atoms with E-state index in [9.17, 15) is 4.79 Å². The molecule has 2 aliphatic rings. The zero-order valence-electron chi connectivity index (χ0n) is 8.24. The van der Waals surface area contributed by atoms with Crippen LogP contribution in [0.2, 0.25) is 0 Å². The van der Waals surface area contributed by atoms with Crippen molar-refractivity contribution in [1.29, 1.82) is 0 Å². The van der Waals surface area contributed by atoms with E-state index >= 15 is 0 Å². The summed E-state index contributed by atoms with van der Waals surface area (Å²) in [5.74, 6) is 0.823. The fourth-order valence-electron chi connectivity index (χ4n) is 2.81. The van der Waals surface area contributed by atoms with E-state index in [2.05, 4.69) is 30.8 Å². The lowest BCUT2D eigenvalue weighted by Gasteiger charge is -2.23. The van der Waals surface area contributed by atoms with Crippen LogP contribution in [0.4, 0.5) is 5.82 Å². The Balaban J connectivity index is 2.06. The minimum atomic E-state index is -0.0914. The van der Waals surface area contributed by atoms with E-state index in [-0.39, 0.29) is 5.56 Å². The highest BCUT2D eigenvalue weighted by atomic mass is 79.9. The molecule has 3 heterocycles. The van der Waals surface area contributed by atoms with Crippen molar-refractivity contribution < 1.29 is 0 Å². The van der Waals surface area contributed by atoms with Gasteiger partial charge in [-0.15, -0.1) is 0 Å². The van der Waals surface area contributed by atoms with Gasteiger partial charge in [0.05, 0.1) is 6.33 Å². The molecular formula is C10H12BrN3O. The number of fused-ring (bicyclic) bond motifs is 2. The third kappa shape index (κ3) is 1.33. The molecule has 0 atom stereocenters. The molecule has 2 aliphatic heterocycles. The van der Waals surface area contributed by atoms with E-state index in [0.29, 0.717) is 16.6 Å². The van der Waals surface area contributed by atoms with Gasteiger partial charge in [0, 0.05) is 12.1 Å². The SMILES string of the molecule is O=c1[nH]cnc(N2C3CCC2CC3)c1Br. The molecule has 80 valence electrons. The molecular weight excluding hydrogens is 258 g/mol. The van der Waals surface area contributed by atoms with Crippen LogP contribution in [0.1, 0.15) is 25.7 Å². The van der Waals surface area contributed by atoms with E-state index < -0.39 is 0 Å². The number of aromatic nitrogens is 2. The first-order valence-electron chi connectivity index (χ1n) is 5.29. The molecule has 0 aliphatic carbocycles. The van der Waals surface area contributed by atoms with Crippen LogP contribution in [0, 0.1) is 0 Å². The molecule has 0 amide bonds. The molecule has 1 N–H and O–H groups in total. The van der Waals surface area contributed by atoms with Crippen molar-refractivity contribution in [2.45, 2.75) is 37.8 Å². The second kappa shape index (κ2) is 3.33. The van der Waals surface area contributed by atoms with Gasteiger partial charge in [0.2, 0.25) is 0 Å². The van der Waals surface area contributed by atoms with Crippen LogP contribution in [-0.4, -0.2) is 22.1 Å². The Morgan fingerprint density at radius 2 is 1.93 bits per heavy atom. The summed E-state index contributed by atoms with van der Waals surface area (Å²) in [5.41, 5.74) is -0.0914. The number of nitrogens with zero attached hydrogens (tertiary/aromatic N) is 2. The highest BCUT2D eigenvalue weighted by molar-refractivity contribution is 9.10. The maximum atomic E-state index is 11.5. The van der Waals surface area contributed by atoms with Crippen LogP contribution in [0.15, 0.2) is 15.6 Å². The van der Waals surface area contributed by atoms with Crippen LogP contribution in [-0.2, 0) is 0 Å². The summed E-state index contributed by atoms with van der Waals surface area (Å²) in [6.07, 6.45) is 6.45. The molecule has 0 spiro atoms. The summed E-state index contributed by atoms with van der Waals surface area (Å²) in [6, 6.07) is 1.20. The van der Waals surface area contributed by atoms with Crippen molar-refractivity contribution in [2.24, 2.45) is 0 Å². The van der Waals surface area contributed by atoms with Crippen LogP contribution < -0.4 is 10.5 Å². The standard InChI is InChI=1S/C10H12BrN3O/c11-8-9(12-5-13-10(8)15)14-6-1-2-7(14)4-3-6/h5-7H,1-4H2,(H,12,13,15). The Morgan fingerprint density at radius 1 is 1.33 bits per heavy atom. The average molecular weight is 270 g/mol. The van der Waals surface area contributed by atoms with Crippen LogP contribution in [0.5, 0.6) is 0 Å². The predicted molar refractivity (Wildman–Crippen MR) is 61.1 cm³/mol. The lowest BCUT2D eigenvalue weighted by atomic mass is 10.0. The molecule has 1 aromatic rings. The van der Waals surface area contributed by atoms with Gasteiger partial charge in [0.25, 0.3) is 5.56 Å². The van der Waals surface area contributed by atoms with Gasteiger partial charge in [-0.2, -0.15) is 0 Å². The Bertz CT molecular complexity index is 425. The fraction of sp³-hybridized carbons (Fsp3) is 0.600. The van der Waals surface area contributed by atoms with E-state index in [4.69, 9.17) is 0 Å². The topological polar surface area (TPSA) is 49.0 Å². The van der Waals surface area contributed by atoms with Crippen molar-refractivity contribution in [2.75, 3.05) is 4.90 Å². The highest BCUT2D eigenvalue weighted by Crippen LogP contribution is 2.41. The van der Waals surface area contributed by atoms with Crippen molar-refractivity contribution >= 4 is 21.7 Å². The Kier molecular flexibility index (Phi) is 2.09. The Hall–Kier alpha value is -0.840. The zero-order valence-corrected chi connectivity index (χ0v) is 9.83. The molecule has 0 saturated carbocycles. The first kappa shape index (κ1) is 9.39. The minimum absolute atomic E-state index is 0.0914. The summed E-state index contributed by atoms with van der Waals surface area (Å²) in [7, 11) is 0. The number of hydrogen-bond donors (Lipinski definition) is 1. The van der Waals surface area contributed by atoms with Gasteiger partial charge in [0.15, 0.2) is 5.82 Å². The lowest BCUT2D eigenvalue weighted by molar-refractivity contribution is 0.576. The average Bonchev–Trinajstić information content (AvgIpc) is 2.82. The smallest absolute Gasteiger partial charge is 0.267 e. The molecule has 3 rings (SSSR count). The normalized spacial score (nSPS) is 28.7. The molecule has 2 saturated heterocycles. The summed E-state index contributed by atoms with van der Waals surface area (Å²) in [6.45, 7) is 0.